The summed E-state index contributed by atoms with van der Waals surface area (Å²) in [6.45, 7) is 26.3. The molecule has 0 unspecified atom stereocenters. The van der Waals surface area contributed by atoms with Crippen molar-refractivity contribution in [1.29, 1.82) is 0 Å². The maximum absolute atomic E-state index is 14.1. The fourth-order valence-electron chi connectivity index (χ4n) is 20.6. The molecule has 12 aliphatic rings. The Bertz CT molecular complexity index is 4310. The van der Waals surface area contributed by atoms with Crippen LogP contribution in [0, 0.1) is 35.5 Å². The Morgan fingerprint density at radius 3 is 1.49 bits per heavy atom. The largest absolute Gasteiger partial charge is 0.490 e. The summed E-state index contributed by atoms with van der Waals surface area (Å²) in [5.41, 5.74) is 6.12. The molecule has 8 aliphatic heterocycles. The van der Waals surface area contributed by atoms with Crippen LogP contribution >= 0.6 is 23.2 Å². The fourth-order valence-corrected chi connectivity index (χ4v) is 24.3. The van der Waals surface area contributed by atoms with Crippen LogP contribution < -0.4 is 34.0 Å². The van der Waals surface area contributed by atoms with Crippen LogP contribution in [-0.4, -0.2) is 250 Å². The number of carbonyl (C=O) groups excluding carboxylic acids is 2. The Hall–Kier alpha value is -5.46. The second kappa shape index (κ2) is 37.7. The smallest absolute Gasteiger partial charge is 0.264 e. The van der Waals surface area contributed by atoms with Crippen LogP contribution in [0.1, 0.15) is 148 Å². The summed E-state index contributed by atoms with van der Waals surface area (Å²) in [4.78, 5) is 40.1. The van der Waals surface area contributed by atoms with Gasteiger partial charge in [0, 0.05) is 171 Å². The Morgan fingerprint density at radius 1 is 0.565 bits per heavy atom. The number of hydrogen-bond acceptors (Lipinski definition) is 21. The summed E-state index contributed by atoms with van der Waals surface area (Å²) in [6, 6.07) is 24.4. The van der Waals surface area contributed by atoms with Crippen molar-refractivity contribution < 1.29 is 69.1 Å². The van der Waals surface area contributed by atoms with Gasteiger partial charge in [-0.3, -0.25) is 24.3 Å². The van der Waals surface area contributed by atoms with E-state index in [2.05, 4.69) is 82.6 Å². The quantitative estimate of drug-likeness (QED) is 0.0741. The molecule has 6 fully saturated rings. The number of methoxy groups -OCH3 is 3. The maximum atomic E-state index is 14.1. The zero-order chi connectivity index (χ0) is 80.7. The van der Waals surface area contributed by atoms with Gasteiger partial charge in [0.1, 0.15) is 17.1 Å². The van der Waals surface area contributed by atoms with Gasteiger partial charge in [-0.2, -0.15) is 0 Å². The van der Waals surface area contributed by atoms with Crippen molar-refractivity contribution in [3.8, 4) is 11.5 Å². The van der Waals surface area contributed by atoms with Gasteiger partial charge < -0.3 is 57.7 Å². The summed E-state index contributed by atoms with van der Waals surface area (Å²) < 4.78 is 115. The topological polar surface area (TPSA) is 238 Å². The second-order valence-corrected chi connectivity index (χ2v) is 39.2. The number of fused-ring (bicyclic) bond motifs is 8. The molecule has 12 atom stereocenters. The molecule has 23 nitrogen and oxygen atoms in total. The summed E-state index contributed by atoms with van der Waals surface area (Å²) in [6.07, 6.45) is 19.9. The van der Waals surface area contributed by atoms with E-state index in [1.165, 1.54) is 35.3 Å². The van der Waals surface area contributed by atoms with E-state index in [-0.39, 0.29) is 72.0 Å². The van der Waals surface area contributed by atoms with Gasteiger partial charge >= 0.3 is 0 Å². The molecule has 4 saturated heterocycles. The Balaban J connectivity index is 0.000000171. The van der Waals surface area contributed by atoms with Gasteiger partial charge in [-0.15, -0.1) is 0 Å². The first-order valence-electron chi connectivity index (χ1n) is 42.5. The number of halogens is 2. The minimum atomic E-state index is -4.07. The van der Waals surface area contributed by atoms with Gasteiger partial charge in [0.15, 0.2) is 5.79 Å². The molecule has 8 heterocycles. The number of benzene rings is 4. The number of nitrogens with zero attached hydrogens (tertiary/aromatic N) is 5. The van der Waals surface area contributed by atoms with E-state index in [4.69, 9.17) is 65.8 Å². The number of amides is 2. The Morgan fingerprint density at radius 2 is 1.04 bits per heavy atom. The summed E-state index contributed by atoms with van der Waals surface area (Å²) in [7, 11) is -3.32. The maximum Gasteiger partial charge on any atom is 0.264 e. The highest BCUT2D eigenvalue weighted by molar-refractivity contribution is 7.91. The van der Waals surface area contributed by atoms with E-state index in [1.54, 1.807) is 39.5 Å². The number of nitrogens with one attached hydrogen (secondary N) is 3. The molecule has 4 aromatic carbocycles. The van der Waals surface area contributed by atoms with E-state index in [0.29, 0.717) is 87.9 Å². The molecule has 16 rings (SSSR count). The number of allylic oxidation sites excluding steroid dienone is 2. The average Bonchev–Trinajstić information content (AvgIpc) is 1.71. The molecule has 115 heavy (non-hydrogen) atoms. The molecule has 27 heteroatoms. The zero-order valence-electron chi connectivity index (χ0n) is 68.6. The van der Waals surface area contributed by atoms with Crippen molar-refractivity contribution in [2.45, 2.75) is 162 Å². The molecule has 4 aromatic rings. The number of hydrogen-bond donors (Lipinski definition) is 3. The molecule has 0 aromatic heterocycles. The molecule has 2 spiro atoms. The third kappa shape index (κ3) is 19.0. The average molecular weight is 1670 g/mol. The second-order valence-electron chi connectivity index (χ2n) is 34.5. The van der Waals surface area contributed by atoms with Crippen LogP contribution in [0.5, 0.6) is 11.5 Å². The molecule has 3 N–H and O–H groups in total. The van der Waals surface area contributed by atoms with Crippen LogP contribution in [0.15, 0.2) is 97.1 Å². The van der Waals surface area contributed by atoms with Crippen LogP contribution in [0.25, 0.3) is 0 Å². The highest BCUT2D eigenvalue weighted by atomic mass is 35.5. The van der Waals surface area contributed by atoms with Crippen LogP contribution in [0.3, 0.4) is 0 Å². The summed E-state index contributed by atoms with van der Waals surface area (Å²) in [5.74, 6) is -0.515. The van der Waals surface area contributed by atoms with Crippen molar-refractivity contribution >= 4 is 66.4 Å². The van der Waals surface area contributed by atoms with E-state index in [1.807, 2.05) is 63.3 Å². The normalized spacial score (nSPS) is 32.3. The van der Waals surface area contributed by atoms with Gasteiger partial charge in [0.2, 0.25) is 20.0 Å². The molecule has 4 bridgehead atoms. The lowest BCUT2D eigenvalue weighted by Gasteiger charge is -2.53. The van der Waals surface area contributed by atoms with Gasteiger partial charge in [-0.1, -0.05) is 67.4 Å². The standard InChI is InChI=1S/C44H61ClN4O7S.C37H49ClN2O7S.C7H14N2O/c1-4-56-44(29-47-18-20-48(21-19-47)36-26-54-27-36)17-5-7-31(2)41(15-22-53-3)57(51,52)46-42(50)33-10-14-40-39(24-33)49(25-34-9-12-38(34)44)28-43(30-55-40)16-6-8-32-23-35(45)11-13-37(32)43;1-5-47-37(45-4)18-6-8-25(2)34(16-19-44-3)48(42,43)39-35(41)27-11-15-33-32(21-27)40(22-28-10-13-31(28)37)23-36(24-46-33)17-7-9-26-20-29(38)12-14-30(26)36;1-3-9(4-2-8-1)7-5-10-6-7/h5,10-11,13-14,17,23-24,31,34,36,38,41H,4,6-9,12,15-16,18-22,25-30H2,1-3H3,(H,46,50);6,11-12,14-15,18,20-21,25,28,31,34H,5,7-10,13,16-17,19,22-24H2,1-4H3,(H,39,41);7-8H,1-6H2/b17-5+;18-6+;/t31-,34-,38+,41+,43-,44-;25-,28-,31+,34+,36-,37+;/m00./s1. The molecular formula is C88H124Cl2N8O15S2. The highest BCUT2D eigenvalue weighted by Gasteiger charge is 2.53. The van der Waals surface area contributed by atoms with Gasteiger partial charge in [-0.05, 0) is 222 Å². The van der Waals surface area contributed by atoms with Crippen LogP contribution in [-0.2, 0) is 76.9 Å². The Labute approximate surface area is 692 Å². The van der Waals surface area contributed by atoms with E-state index in [9.17, 15) is 26.4 Å². The van der Waals surface area contributed by atoms with Crippen molar-refractivity contribution in [2.24, 2.45) is 35.5 Å². The molecule has 2 amide bonds. The SMILES string of the molecule is C1CN(C2COC2)CCN1.CCO[C@]1(CN2CCN(C3COC3)CC2)/C=C/C[C@H](C)[C@@H](CCOC)S(=O)(=O)NC(=O)c2ccc3c(c2)N(C[C@@H]2CC[C@H]21)C[C@@]1(CCCc2cc(Cl)ccc21)CO3.CCO[C@]1(OC)/C=C/C[C@H](C)[C@@H](CCOC)S(=O)(=O)NC(=O)c2ccc3c(c2)N(C[C@@H]2CC[C@H]21)C[C@@]1(CCCc2cc(Cl)ccc21)CO3. The number of piperazine rings is 2. The fraction of sp³-hybridized carbons (Fsp3) is 0.659. The summed E-state index contributed by atoms with van der Waals surface area (Å²) >= 11 is 13.0. The highest BCUT2D eigenvalue weighted by Crippen LogP contribution is 2.53. The van der Waals surface area contributed by atoms with Crippen LogP contribution in [0.4, 0.5) is 11.4 Å². The molecule has 2 saturated carbocycles. The monoisotopic (exact) mass is 1670 g/mol. The molecular weight excluding hydrogens is 1540 g/mol. The predicted molar refractivity (Wildman–Crippen MR) is 449 cm³/mol. The van der Waals surface area contributed by atoms with Crippen molar-refractivity contribution in [3.63, 3.8) is 0 Å². The number of carbonyl (C=O) groups is 2. The van der Waals surface area contributed by atoms with Gasteiger partial charge in [-0.25, -0.2) is 26.3 Å². The number of aryl methyl sites for hydroxylation is 2. The van der Waals surface area contributed by atoms with Gasteiger partial charge in [0.25, 0.3) is 11.8 Å². The third-order valence-electron chi connectivity index (χ3n) is 27.4. The number of sulfonamides is 2. The minimum absolute atomic E-state index is 0.0856. The molecule has 632 valence electrons. The van der Waals surface area contributed by atoms with Crippen LogP contribution in [0.2, 0.25) is 10.0 Å². The van der Waals surface area contributed by atoms with Gasteiger partial charge in [0.05, 0.1) is 73.6 Å². The summed E-state index contributed by atoms with van der Waals surface area (Å²) in [5, 5.41) is 3.13. The lowest BCUT2D eigenvalue weighted by molar-refractivity contribution is -0.244. The zero-order valence-corrected chi connectivity index (χ0v) is 71.8. The molecule has 0 radical (unpaired) electrons. The number of anilines is 2. The third-order valence-corrected chi connectivity index (χ3v) is 31.8. The van der Waals surface area contributed by atoms with E-state index < -0.39 is 53.7 Å². The number of rotatable bonds is 15. The molecule has 4 aliphatic carbocycles. The minimum Gasteiger partial charge on any atom is -0.490 e. The number of ether oxygens (including phenoxy) is 9. The first kappa shape index (κ1) is 85.9. The van der Waals surface area contributed by atoms with Crippen molar-refractivity contribution in [1.82, 2.24) is 29.5 Å². The first-order valence-corrected chi connectivity index (χ1v) is 46.4. The van der Waals surface area contributed by atoms with Crippen molar-refractivity contribution in [3.05, 3.63) is 141 Å². The van der Waals surface area contributed by atoms with E-state index in [0.717, 1.165) is 170 Å². The first-order chi connectivity index (χ1) is 55.5. The van der Waals surface area contributed by atoms with Crippen molar-refractivity contribution in [2.75, 3.05) is 182 Å². The lowest BCUT2D eigenvalue weighted by atomic mass is 9.63. The Kier molecular flexibility index (Phi) is 28.2. The predicted octanol–water partition coefficient (Wildman–Crippen LogP) is 11.3. The lowest BCUT2D eigenvalue weighted by Crippen LogP contribution is -2.61. The van der Waals surface area contributed by atoms with E-state index >= 15 is 0 Å².